The highest BCUT2D eigenvalue weighted by atomic mass is 32.2. The average molecular weight is 571 g/mol. The van der Waals surface area contributed by atoms with Crippen LogP contribution >= 0.6 is 0 Å². The Balaban J connectivity index is 1.65. The minimum absolute atomic E-state index is 0.00438. The van der Waals surface area contributed by atoms with Gasteiger partial charge in [-0.15, -0.1) is 0 Å². The number of aromatic nitrogens is 3. The summed E-state index contributed by atoms with van der Waals surface area (Å²) in [4.78, 5) is 35.6. The van der Waals surface area contributed by atoms with Crippen LogP contribution in [0.25, 0.3) is 0 Å². The lowest BCUT2D eigenvalue weighted by atomic mass is 10.0. The van der Waals surface area contributed by atoms with E-state index in [0.717, 1.165) is 0 Å². The maximum Gasteiger partial charge on any atom is 0.261 e. The highest BCUT2D eigenvalue weighted by Crippen LogP contribution is 2.30. The number of rotatable bonds is 8. The highest BCUT2D eigenvalue weighted by molar-refractivity contribution is 7.89. The third kappa shape index (κ3) is 6.49. The Morgan fingerprint density at radius 1 is 1.27 bits per heavy atom. The van der Waals surface area contributed by atoms with Crippen molar-refractivity contribution >= 4 is 27.5 Å². The Labute approximate surface area is 233 Å². The number of hydrogen-bond donors (Lipinski definition) is 2. The summed E-state index contributed by atoms with van der Waals surface area (Å²) >= 11 is 0. The molecule has 2 amide bonds. The lowest BCUT2D eigenvalue weighted by molar-refractivity contribution is -0.134. The average Bonchev–Trinajstić information content (AvgIpc) is 3.40. The molecule has 214 valence electrons. The highest BCUT2D eigenvalue weighted by Gasteiger charge is 2.34. The minimum atomic E-state index is -3.89. The number of nitrogens with one attached hydrogen (secondary N) is 1. The fourth-order valence-electron chi connectivity index (χ4n) is 4.46. The van der Waals surface area contributed by atoms with Crippen LogP contribution in [0.15, 0.2) is 60.3 Å². The number of aliphatic hydroxyl groups excluding tert-OH is 1. The predicted octanol–water partition coefficient (Wildman–Crippen LogP) is 1.54. The molecule has 2 N–H and O–H groups in total. The van der Waals surface area contributed by atoms with Crippen LogP contribution in [0.2, 0.25) is 0 Å². The predicted molar refractivity (Wildman–Crippen MR) is 147 cm³/mol. The van der Waals surface area contributed by atoms with Crippen molar-refractivity contribution < 1.29 is 27.9 Å². The lowest BCUT2D eigenvalue weighted by Crippen LogP contribution is -2.48. The van der Waals surface area contributed by atoms with Crippen LogP contribution in [0.3, 0.4) is 0 Å². The number of fused-ring (bicyclic) bond motifs is 1. The van der Waals surface area contributed by atoms with Gasteiger partial charge in [-0.05, 0) is 37.3 Å². The van der Waals surface area contributed by atoms with Crippen molar-refractivity contribution in [1.29, 1.82) is 0 Å². The lowest BCUT2D eigenvalue weighted by Gasteiger charge is -2.33. The van der Waals surface area contributed by atoms with Gasteiger partial charge in [0.05, 0.1) is 31.9 Å². The number of ether oxygens (including phenoxy) is 1. The molecule has 1 aliphatic heterocycles. The number of carbonyl (C=O) groups is 2. The fraction of sp³-hybridized carbons (Fsp3) is 0.407. The molecular formula is C27H34N6O6S. The van der Waals surface area contributed by atoms with Gasteiger partial charge in [0, 0.05) is 62.0 Å². The van der Waals surface area contributed by atoms with Crippen molar-refractivity contribution in [3.63, 3.8) is 0 Å². The molecule has 4 rings (SSSR count). The van der Waals surface area contributed by atoms with Crippen molar-refractivity contribution in [1.82, 2.24) is 23.7 Å². The molecule has 3 heterocycles. The second-order valence-electron chi connectivity index (χ2n) is 10.1. The summed E-state index contributed by atoms with van der Waals surface area (Å²) in [5.41, 5.74) is 1.43. The summed E-state index contributed by atoms with van der Waals surface area (Å²) < 4.78 is 35.5. The van der Waals surface area contributed by atoms with Gasteiger partial charge in [0.15, 0.2) is 5.03 Å². The number of nitrogens with zero attached hydrogens (tertiary/aromatic N) is 5. The molecule has 0 unspecified atom stereocenters. The van der Waals surface area contributed by atoms with Gasteiger partial charge in [-0.1, -0.05) is 6.92 Å². The fourth-order valence-corrected chi connectivity index (χ4v) is 5.61. The molecule has 40 heavy (non-hydrogen) atoms. The number of carbonyl (C=O) groups excluding carboxylic acids is 2. The largest absolute Gasteiger partial charge is 0.488 e. The number of likely N-dealkylation sites (N-methyl/N-ethyl adjacent to an activating group) is 1. The van der Waals surface area contributed by atoms with Crippen LogP contribution in [-0.4, -0.2) is 88.0 Å². The van der Waals surface area contributed by atoms with Crippen molar-refractivity contribution in [2.75, 3.05) is 32.1 Å². The summed E-state index contributed by atoms with van der Waals surface area (Å²) in [6.07, 6.45) is 5.23. The Bertz CT molecular complexity index is 1460. The van der Waals surface area contributed by atoms with Gasteiger partial charge in [0.2, 0.25) is 5.91 Å². The molecule has 13 heteroatoms. The topological polar surface area (TPSA) is 147 Å². The Morgan fingerprint density at radius 2 is 2.00 bits per heavy atom. The smallest absolute Gasteiger partial charge is 0.261 e. The van der Waals surface area contributed by atoms with Crippen molar-refractivity contribution in [3.8, 4) is 5.75 Å². The normalized spacial score (nSPS) is 18.8. The maximum absolute atomic E-state index is 13.4. The molecule has 0 spiro atoms. The summed E-state index contributed by atoms with van der Waals surface area (Å²) in [5.74, 6) is -0.433. The van der Waals surface area contributed by atoms with Gasteiger partial charge in [-0.3, -0.25) is 14.6 Å². The standard InChI is InChI=1S/C27H34N6O6S/c1-18-13-33(19(2)16-34)26(35)12-21-11-22(30-27(36)20-7-9-28-10-8-20)5-6-23(21)39-24(18)14-32(4)40(37,38)25-15-31(3)17-29-25/h5-11,15,17-19,24,34H,12-14,16H2,1-4H3,(H,30,36)/t18-,19+,24-/m0/s1. The first-order valence-electron chi connectivity index (χ1n) is 12.8. The molecule has 3 atom stereocenters. The summed E-state index contributed by atoms with van der Waals surface area (Å²) in [6, 6.07) is 7.75. The Hall–Kier alpha value is -3.81. The Morgan fingerprint density at radius 3 is 2.65 bits per heavy atom. The number of aryl methyl sites for hydroxylation is 1. The molecule has 0 saturated heterocycles. The van der Waals surface area contributed by atoms with E-state index in [2.05, 4.69) is 15.3 Å². The van der Waals surface area contributed by atoms with Crippen molar-refractivity contribution in [2.24, 2.45) is 13.0 Å². The molecule has 0 radical (unpaired) electrons. The number of hydrogen-bond acceptors (Lipinski definition) is 8. The molecular weight excluding hydrogens is 536 g/mol. The zero-order valence-electron chi connectivity index (χ0n) is 22.9. The number of imidazole rings is 1. The second-order valence-corrected chi connectivity index (χ2v) is 12.1. The molecule has 1 aromatic carbocycles. The van der Waals surface area contributed by atoms with E-state index in [0.29, 0.717) is 22.6 Å². The van der Waals surface area contributed by atoms with E-state index in [1.807, 2.05) is 6.92 Å². The van der Waals surface area contributed by atoms with Crippen molar-refractivity contribution in [3.05, 3.63) is 66.4 Å². The van der Waals surface area contributed by atoms with E-state index in [9.17, 15) is 23.1 Å². The van der Waals surface area contributed by atoms with Crippen LogP contribution in [0.1, 0.15) is 29.8 Å². The number of anilines is 1. The number of aliphatic hydroxyl groups is 1. The third-order valence-electron chi connectivity index (χ3n) is 6.91. The van der Waals surface area contributed by atoms with Gasteiger partial charge in [0.1, 0.15) is 11.9 Å². The van der Waals surface area contributed by atoms with E-state index >= 15 is 0 Å². The van der Waals surface area contributed by atoms with Crippen LogP contribution in [0, 0.1) is 5.92 Å². The molecule has 0 bridgehead atoms. The zero-order valence-corrected chi connectivity index (χ0v) is 23.7. The number of sulfonamides is 1. The molecule has 0 aliphatic carbocycles. The minimum Gasteiger partial charge on any atom is -0.488 e. The number of benzene rings is 1. The van der Waals surface area contributed by atoms with E-state index in [4.69, 9.17) is 4.74 Å². The molecule has 0 fully saturated rings. The van der Waals surface area contributed by atoms with Crippen molar-refractivity contribution in [2.45, 2.75) is 37.4 Å². The number of amides is 2. The molecule has 2 aromatic heterocycles. The maximum atomic E-state index is 13.4. The SMILES string of the molecule is C[C@H](CO)N1C[C@H](C)[C@H](CN(C)S(=O)(=O)c2cn(C)cn2)Oc2ccc(NC(=O)c3ccncc3)cc2CC1=O. The van der Waals surface area contributed by atoms with Crippen LogP contribution in [0.4, 0.5) is 5.69 Å². The van der Waals surface area contributed by atoms with E-state index in [1.54, 1.807) is 53.8 Å². The third-order valence-corrected chi connectivity index (χ3v) is 8.62. The van der Waals surface area contributed by atoms with Crippen LogP contribution in [0.5, 0.6) is 5.75 Å². The van der Waals surface area contributed by atoms with Gasteiger partial charge >= 0.3 is 0 Å². The van der Waals surface area contributed by atoms with Gasteiger partial charge in [-0.25, -0.2) is 13.4 Å². The summed E-state index contributed by atoms with van der Waals surface area (Å²) in [5, 5.41) is 12.6. The van der Waals surface area contributed by atoms with Gasteiger partial charge in [-0.2, -0.15) is 4.31 Å². The van der Waals surface area contributed by atoms with Gasteiger partial charge < -0.3 is 24.6 Å². The van der Waals surface area contributed by atoms with Gasteiger partial charge in [0.25, 0.3) is 15.9 Å². The van der Waals surface area contributed by atoms with E-state index < -0.39 is 22.2 Å². The Kier molecular flexibility index (Phi) is 8.86. The second kappa shape index (κ2) is 12.1. The zero-order chi connectivity index (χ0) is 29.0. The van der Waals surface area contributed by atoms with Crippen LogP contribution < -0.4 is 10.1 Å². The molecule has 1 aliphatic rings. The monoisotopic (exact) mass is 570 g/mol. The summed E-state index contributed by atoms with van der Waals surface area (Å²) in [7, 11) is -0.740. The van der Waals surface area contributed by atoms with Crippen LogP contribution in [-0.2, 0) is 28.3 Å². The molecule has 12 nitrogen and oxygen atoms in total. The van der Waals surface area contributed by atoms with E-state index in [-0.39, 0.29) is 48.9 Å². The first kappa shape index (κ1) is 29.2. The van der Waals surface area contributed by atoms with E-state index in [1.165, 1.54) is 36.3 Å². The number of pyridine rings is 1. The summed E-state index contributed by atoms with van der Waals surface area (Å²) in [6.45, 7) is 3.65. The quantitative estimate of drug-likeness (QED) is 0.415. The first-order valence-corrected chi connectivity index (χ1v) is 14.3. The first-order chi connectivity index (χ1) is 19.0. The molecule has 0 saturated carbocycles. The molecule has 3 aromatic rings.